The molecule has 0 bridgehead atoms. The Balaban J connectivity index is 3.74. The van der Waals surface area contributed by atoms with Gasteiger partial charge in [0.2, 0.25) is 0 Å². The third kappa shape index (κ3) is 10.2. The standard InChI is InChI=1S/C15H26N2O3/c1-4-11-17(12-14(18)19)15(20)16-10-8-6-5-7-9-13(2)3/h1,13H,5-12H2,2-3H3,(H,16,20)(H,18,19). The van der Waals surface area contributed by atoms with Gasteiger partial charge in [-0.2, -0.15) is 0 Å². The van der Waals surface area contributed by atoms with Crippen molar-refractivity contribution < 1.29 is 14.7 Å². The molecule has 0 unspecified atom stereocenters. The van der Waals surface area contributed by atoms with Crippen molar-refractivity contribution in [3.63, 3.8) is 0 Å². The van der Waals surface area contributed by atoms with E-state index in [4.69, 9.17) is 11.5 Å². The molecule has 0 fully saturated rings. The zero-order valence-corrected chi connectivity index (χ0v) is 12.5. The number of nitrogens with one attached hydrogen (secondary N) is 1. The Hall–Kier alpha value is -1.70. The zero-order valence-electron chi connectivity index (χ0n) is 12.5. The number of carbonyl (C=O) groups is 2. The van der Waals surface area contributed by atoms with Gasteiger partial charge in [0.05, 0.1) is 6.54 Å². The number of urea groups is 1. The van der Waals surface area contributed by atoms with Crippen LogP contribution in [0.4, 0.5) is 4.79 Å². The number of hydrogen-bond acceptors (Lipinski definition) is 2. The number of hydrogen-bond donors (Lipinski definition) is 2. The van der Waals surface area contributed by atoms with Crippen molar-refractivity contribution in [1.82, 2.24) is 10.2 Å². The molecule has 2 N–H and O–H groups in total. The molecule has 0 spiro atoms. The summed E-state index contributed by atoms with van der Waals surface area (Å²) in [6.07, 6.45) is 10.7. The highest BCUT2D eigenvalue weighted by molar-refractivity contribution is 5.80. The molecular formula is C15H26N2O3. The number of carbonyl (C=O) groups excluding carboxylic acids is 1. The number of carboxylic acid groups (broad SMARTS) is 1. The van der Waals surface area contributed by atoms with Crippen LogP contribution in [0.3, 0.4) is 0 Å². The van der Waals surface area contributed by atoms with Gasteiger partial charge in [0.15, 0.2) is 0 Å². The van der Waals surface area contributed by atoms with Gasteiger partial charge in [-0.15, -0.1) is 6.42 Å². The second kappa shape index (κ2) is 11.2. The van der Waals surface area contributed by atoms with Crippen molar-refractivity contribution in [2.75, 3.05) is 19.6 Å². The van der Waals surface area contributed by atoms with E-state index in [1.54, 1.807) is 0 Å². The molecule has 0 saturated carbocycles. The van der Waals surface area contributed by atoms with Crippen LogP contribution >= 0.6 is 0 Å². The fourth-order valence-electron chi connectivity index (χ4n) is 1.81. The van der Waals surface area contributed by atoms with Gasteiger partial charge in [0.25, 0.3) is 0 Å². The number of aliphatic carboxylic acids is 1. The highest BCUT2D eigenvalue weighted by Crippen LogP contribution is 2.08. The first-order valence-corrected chi connectivity index (χ1v) is 7.15. The Bertz CT molecular complexity index is 335. The smallest absolute Gasteiger partial charge is 0.323 e. The minimum atomic E-state index is -1.07. The molecule has 0 aromatic heterocycles. The van der Waals surface area contributed by atoms with Crippen LogP contribution in [-0.4, -0.2) is 41.6 Å². The van der Waals surface area contributed by atoms with E-state index in [9.17, 15) is 9.59 Å². The summed E-state index contributed by atoms with van der Waals surface area (Å²) < 4.78 is 0. The summed E-state index contributed by atoms with van der Waals surface area (Å²) in [4.78, 5) is 23.4. The Kier molecular flexibility index (Phi) is 10.2. The number of amides is 2. The molecule has 5 heteroatoms. The van der Waals surface area contributed by atoms with Crippen LogP contribution in [0.1, 0.15) is 46.0 Å². The van der Waals surface area contributed by atoms with Gasteiger partial charge in [-0.1, -0.05) is 45.5 Å². The number of terminal acetylenes is 1. The monoisotopic (exact) mass is 282 g/mol. The van der Waals surface area contributed by atoms with Crippen molar-refractivity contribution in [2.24, 2.45) is 5.92 Å². The fraction of sp³-hybridized carbons (Fsp3) is 0.733. The average molecular weight is 282 g/mol. The van der Waals surface area contributed by atoms with Gasteiger partial charge in [0.1, 0.15) is 6.54 Å². The van der Waals surface area contributed by atoms with Gasteiger partial charge in [-0.05, 0) is 12.3 Å². The zero-order chi connectivity index (χ0) is 15.4. The second-order valence-corrected chi connectivity index (χ2v) is 5.28. The lowest BCUT2D eigenvalue weighted by molar-refractivity contribution is -0.137. The van der Waals surface area contributed by atoms with E-state index in [1.165, 1.54) is 12.8 Å². The van der Waals surface area contributed by atoms with Crippen LogP contribution in [0, 0.1) is 18.3 Å². The molecule has 0 rings (SSSR count). The lowest BCUT2D eigenvalue weighted by Gasteiger charge is -2.18. The summed E-state index contributed by atoms with van der Waals surface area (Å²) in [5.74, 6) is 1.96. The minimum absolute atomic E-state index is 0.00647. The van der Waals surface area contributed by atoms with E-state index >= 15 is 0 Å². The highest BCUT2D eigenvalue weighted by Gasteiger charge is 2.14. The van der Waals surface area contributed by atoms with Crippen LogP contribution in [0.2, 0.25) is 0 Å². The van der Waals surface area contributed by atoms with Crippen molar-refractivity contribution in [3.8, 4) is 12.3 Å². The van der Waals surface area contributed by atoms with Gasteiger partial charge in [-0.25, -0.2) is 4.79 Å². The highest BCUT2D eigenvalue weighted by atomic mass is 16.4. The van der Waals surface area contributed by atoms with Crippen molar-refractivity contribution in [3.05, 3.63) is 0 Å². The second-order valence-electron chi connectivity index (χ2n) is 5.28. The van der Waals surface area contributed by atoms with Gasteiger partial charge < -0.3 is 15.3 Å². The predicted molar refractivity (Wildman–Crippen MR) is 79.4 cm³/mol. The maximum Gasteiger partial charge on any atom is 0.323 e. The van der Waals surface area contributed by atoms with Gasteiger partial charge >= 0.3 is 12.0 Å². The molecule has 0 saturated heterocycles. The molecule has 0 aliphatic carbocycles. The van der Waals surface area contributed by atoms with Crippen molar-refractivity contribution >= 4 is 12.0 Å². The molecule has 0 heterocycles. The number of unbranched alkanes of at least 4 members (excludes halogenated alkanes) is 3. The normalized spacial score (nSPS) is 10.1. The van der Waals surface area contributed by atoms with Gasteiger partial charge in [0, 0.05) is 6.54 Å². The number of nitrogens with zero attached hydrogens (tertiary/aromatic N) is 1. The molecule has 0 aromatic carbocycles. The SMILES string of the molecule is C#CCN(CC(=O)O)C(=O)NCCCCCCC(C)C. The summed E-state index contributed by atoms with van der Waals surface area (Å²) in [5, 5.41) is 11.4. The molecule has 20 heavy (non-hydrogen) atoms. The lowest BCUT2D eigenvalue weighted by atomic mass is 10.0. The first-order chi connectivity index (χ1) is 9.47. The number of carboxylic acids is 1. The molecule has 0 aromatic rings. The maximum atomic E-state index is 11.7. The van der Waals surface area contributed by atoms with Crippen molar-refractivity contribution in [2.45, 2.75) is 46.0 Å². The van der Waals surface area contributed by atoms with Crippen LogP contribution < -0.4 is 5.32 Å². The van der Waals surface area contributed by atoms with Crippen LogP contribution in [0.25, 0.3) is 0 Å². The molecule has 0 atom stereocenters. The minimum Gasteiger partial charge on any atom is -0.480 e. The predicted octanol–water partition coefficient (Wildman–Crippen LogP) is 2.32. The van der Waals surface area contributed by atoms with Crippen LogP contribution in [-0.2, 0) is 4.79 Å². The lowest BCUT2D eigenvalue weighted by Crippen LogP contribution is -2.43. The average Bonchev–Trinajstić information content (AvgIpc) is 2.36. The largest absolute Gasteiger partial charge is 0.480 e. The molecule has 5 nitrogen and oxygen atoms in total. The molecule has 0 aliphatic rings. The third-order valence-electron chi connectivity index (χ3n) is 2.88. The quantitative estimate of drug-likeness (QED) is 0.477. The molecule has 2 amide bonds. The van der Waals surface area contributed by atoms with Gasteiger partial charge in [-0.3, -0.25) is 4.79 Å². The first kappa shape index (κ1) is 18.3. The third-order valence-corrected chi connectivity index (χ3v) is 2.88. The Morgan fingerprint density at radius 3 is 2.45 bits per heavy atom. The molecular weight excluding hydrogens is 256 g/mol. The van der Waals surface area contributed by atoms with Crippen LogP contribution in [0.15, 0.2) is 0 Å². The Labute approximate surface area is 121 Å². The van der Waals surface area contributed by atoms with E-state index in [2.05, 4.69) is 25.1 Å². The van der Waals surface area contributed by atoms with E-state index in [0.717, 1.165) is 30.1 Å². The summed E-state index contributed by atoms with van der Waals surface area (Å²) in [6, 6.07) is -0.410. The number of rotatable bonds is 10. The van der Waals surface area contributed by atoms with Crippen molar-refractivity contribution in [1.29, 1.82) is 0 Å². The van der Waals surface area contributed by atoms with E-state index < -0.39 is 12.0 Å². The fourth-order valence-corrected chi connectivity index (χ4v) is 1.81. The topological polar surface area (TPSA) is 69.6 Å². The van der Waals surface area contributed by atoms with E-state index in [0.29, 0.717) is 6.54 Å². The summed E-state index contributed by atoms with van der Waals surface area (Å²) in [5.41, 5.74) is 0. The van der Waals surface area contributed by atoms with E-state index in [1.807, 2.05) is 0 Å². The first-order valence-electron chi connectivity index (χ1n) is 7.15. The summed E-state index contributed by atoms with van der Waals surface area (Å²) in [6.45, 7) is 4.61. The molecule has 0 aliphatic heterocycles. The molecule has 114 valence electrons. The summed E-state index contributed by atoms with van der Waals surface area (Å²) in [7, 11) is 0. The maximum absolute atomic E-state index is 11.7. The Morgan fingerprint density at radius 2 is 1.90 bits per heavy atom. The van der Waals surface area contributed by atoms with Crippen LogP contribution in [0.5, 0.6) is 0 Å². The summed E-state index contributed by atoms with van der Waals surface area (Å²) >= 11 is 0. The van der Waals surface area contributed by atoms with E-state index in [-0.39, 0.29) is 13.1 Å². The Morgan fingerprint density at radius 1 is 1.25 bits per heavy atom. The molecule has 0 radical (unpaired) electrons.